The van der Waals surface area contributed by atoms with Gasteiger partial charge in [-0.2, -0.15) is 0 Å². The number of aromatic amines is 2. The summed E-state index contributed by atoms with van der Waals surface area (Å²) in [4.78, 5) is 55.7. The molecule has 8 bridgehead atoms. The molecular formula is C40H50N6O5. The zero-order chi connectivity index (χ0) is 37.0. The number of carbonyl (C=O) groups is 3. The van der Waals surface area contributed by atoms with E-state index in [1.165, 1.54) is 0 Å². The second kappa shape index (κ2) is 15.9. The summed E-state index contributed by atoms with van der Waals surface area (Å²) in [5, 5.41) is 26.6. The minimum atomic E-state index is -1.16. The van der Waals surface area contributed by atoms with Crippen molar-refractivity contribution in [1.29, 1.82) is 0 Å². The summed E-state index contributed by atoms with van der Waals surface area (Å²) in [6.45, 7) is 18.0. The fourth-order valence-corrected chi connectivity index (χ4v) is 7.32. The van der Waals surface area contributed by atoms with E-state index in [2.05, 4.69) is 54.0 Å². The normalized spacial score (nSPS) is 15.6. The molecule has 2 aliphatic heterocycles. The van der Waals surface area contributed by atoms with E-state index in [1.54, 1.807) is 6.92 Å². The summed E-state index contributed by atoms with van der Waals surface area (Å²) in [6, 6.07) is 5.92. The van der Waals surface area contributed by atoms with Gasteiger partial charge in [-0.1, -0.05) is 39.8 Å². The molecular weight excluding hydrogens is 644 g/mol. The molecule has 0 saturated carbocycles. The molecule has 1 amide bonds. The number of rotatable bonds is 14. The molecule has 3 aromatic rings. The van der Waals surface area contributed by atoms with Gasteiger partial charge in [0.2, 0.25) is 5.91 Å². The van der Waals surface area contributed by atoms with Crippen LogP contribution in [-0.4, -0.2) is 67.6 Å². The van der Waals surface area contributed by atoms with Crippen molar-refractivity contribution in [3.8, 4) is 0 Å². The van der Waals surface area contributed by atoms with E-state index in [1.807, 2.05) is 32.1 Å². The van der Waals surface area contributed by atoms with Crippen LogP contribution in [0.1, 0.15) is 116 Å². The average molecular weight is 695 g/mol. The molecule has 0 fully saturated rings. The van der Waals surface area contributed by atoms with Gasteiger partial charge in [0.15, 0.2) is 0 Å². The SMILES string of the molecule is C=Cc1c(C)c2cc3nc(c(CC(=O)NCCNCCCC)c4nc(cc5[nH]c(cc1[nH]2)c(C)c5CC)C(C)=C4C(=O)O)[C@@H](CCC(=O)O)[C@@H]3C. The van der Waals surface area contributed by atoms with Gasteiger partial charge >= 0.3 is 11.9 Å². The summed E-state index contributed by atoms with van der Waals surface area (Å²) in [5.74, 6) is -3.02. The summed E-state index contributed by atoms with van der Waals surface area (Å²) in [7, 11) is 0. The lowest BCUT2D eigenvalue weighted by atomic mass is 9.84. The average Bonchev–Trinajstić information content (AvgIpc) is 3.77. The van der Waals surface area contributed by atoms with E-state index in [0.717, 1.165) is 70.1 Å². The van der Waals surface area contributed by atoms with E-state index in [9.17, 15) is 24.6 Å². The first-order chi connectivity index (χ1) is 24.4. The smallest absolute Gasteiger partial charge is 0.338 e. The number of hydrogen-bond acceptors (Lipinski definition) is 6. The quantitative estimate of drug-likeness (QED) is 0.0984. The molecule has 0 aromatic carbocycles. The summed E-state index contributed by atoms with van der Waals surface area (Å²) in [6.07, 6.45) is 4.65. The number of amides is 1. The highest BCUT2D eigenvalue weighted by Gasteiger charge is 2.35. The molecule has 0 radical (unpaired) electrons. The van der Waals surface area contributed by atoms with Crippen molar-refractivity contribution in [1.82, 2.24) is 30.6 Å². The number of hydrogen-bond donors (Lipinski definition) is 6. The Morgan fingerprint density at radius 2 is 1.65 bits per heavy atom. The van der Waals surface area contributed by atoms with Gasteiger partial charge in [0, 0.05) is 70.2 Å². The van der Waals surface area contributed by atoms with Crippen molar-refractivity contribution in [2.75, 3.05) is 19.6 Å². The van der Waals surface area contributed by atoms with Crippen molar-refractivity contribution < 1.29 is 24.6 Å². The minimum Gasteiger partial charge on any atom is -0.481 e. The minimum absolute atomic E-state index is 0.00698. The van der Waals surface area contributed by atoms with Crippen LogP contribution < -0.4 is 10.6 Å². The second-order valence-electron chi connectivity index (χ2n) is 13.5. The Hall–Kier alpha value is -5.03. The van der Waals surface area contributed by atoms with Crippen LogP contribution in [0.2, 0.25) is 0 Å². The maximum absolute atomic E-state index is 13.6. The van der Waals surface area contributed by atoms with E-state index < -0.39 is 17.9 Å². The van der Waals surface area contributed by atoms with Gasteiger partial charge < -0.3 is 30.8 Å². The predicted octanol–water partition coefficient (Wildman–Crippen LogP) is 6.95. The Morgan fingerprint density at radius 1 is 0.922 bits per heavy atom. The van der Waals surface area contributed by atoms with Crippen LogP contribution in [-0.2, 0) is 27.2 Å². The topological polar surface area (TPSA) is 173 Å². The first-order valence-electron chi connectivity index (χ1n) is 17.9. The fourth-order valence-electron chi connectivity index (χ4n) is 7.32. The van der Waals surface area contributed by atoms with Gasteiger partial charge in [-0.05, 0) is 87.0 Å². The Balaban J connectivity index is 1.87. The molecule has 0 aliphatic carbocycles. The maximum Gasteiger partial charge on any atom is 0.338 e. The van der Waals surface area contributed by atoms with Crippen LogP contribution in [0.5, 0.6) is 0 Å². The largest absolute Gasteiger partial charge is 0.481 e. The molecule has 11 nitrogen and oxygen atoms in total. The standard InChI is InChI=1S/C40H50N6O5/c1-8-11-14-41-15-16-42-35(47)17-28-38-27(12-13-36(48)49)23(6)31(45-38)18-29-21(4)25(9-2)33(43-29)19-30-22(5)26(10-3)34(44-30)20-32-24(7)37(40(50)51)39(28)46-32/h9,18-20,23,27,41,43-44H,2,8,10-17H2,1,3-7H3,(H,42,47)(H,48,49)(H,50,51)/t23-,27-/m0/s1. The van der Waals surface area contributed by atoms with Crippen molar-refractivity contribution in [3.63, 3.8) is 0 Å². The molecule has 270 valence electrons. The molecule has 0 unspecified atom stereocenters. The van der Waals surface area contributed by atoms with Crippen molar-refractivity contribution >= 4 is 57.1 Å². The zero-order valence-electron chi connectivity index (χ0n) is 30.5. The van der Waals surface area contributed by atoms with Gasteiger partial charge in [0.25, 0.3) is 0 Å². The molecule has 2 atom stereocenters. The number of aliphatic carboxylic acids is 2. The highest BCUT2D eigenvalue weighted by Crippen LogP contribution is 2.43. The molecule has 51 heavy (non-hydrogen) atoms. The molecule has 5 rings (SSSR count). The lowest BCUT2D eigenvalue weighted by Gasteiger charge is -2.18. The Morgan fingerprint density at radius 3 is 2.31 bits per heavy atom. The number of allylic oxidation sites excluding steroid dienone is 1. The Kier molecular flexibility index (Phi) is 11.6. The number of aryl methyl sites for hydroxylation is 3. The molecule has 5 heterocycles. The molecule has 6 N–H and O–H groups in total. The number of nitrogens with zero attached hydrogens (tertiary/aromatic N) is 2. The van der Waals surface area contributed by atoms with Crippen molar-refractivity contribution in [3.05, 3.63) is 75.4 Å². The lowest BCUT2D eigenvalue weighted by molar-refractivity contribution is -0.137. The number of aromatic nitrogens is 4. The number of carboxylic acid groups (broad SMARTS) is 2. The first-order valence-corrected chi connectivity index (χ1v) is 17.9. The van der Waals surface area contributed by atoms with Gasteiger partial charge in [-0.15, -0.1) is 0 Å². The van der Waals surface area contributed by atoms with Crippen LogP contribution in [0, 0.1) is 13.8 Å². The van der Waals surface area contributed by atoms with E-state index >= 15 is 0 Å². The van der Waals surface area contributed by atoms with Gasteiger partial charge in [-0.25, -0.2) is 9.78 Å². The monoisotopic (exact) mass is 694 g/mol. The third-order valence-corrected chi connectivity index (χ3v) is 10.3. The number of nitrogens with one attached hydrogen (secondary N) is 4. The third-order valence-electron chi connectivity index (χ3n) is 10.3. The summed E-state index contributed by atoms with van der Waals surface area (Å²) in [5.41, 5.74) is 10.3. The second-order valence-corrected chi connectivity index (χ2v) is 13.5. The number of H-pyrrole nitrogens is 2. The maximum atomic E-state index is 13.6. The number of unbranched alkanes of at least 4 members (excludes halogenated alkanes) is 1. The molecule has 2 aliphatic rings. The molecule has 0 spiro atoms. The summed E-state index contributed by atoms with van der Waals surface area (Å²) < 4.78 is 0. The molecule has 0 saturated heterocycles. The van der Waals surface area contributed by atoms with Crippen LogP contribution in [0.4, 0.5) is 0 Å². The van der Waals surface area contributed by atoms with E-state index in [-0.39, 0.29) is 42.4 Å². The number of carbonyl (C=O) groups excluding carboxylic acids is 1. The van der Waals surface area contributed by atoms with Gasteiger partial charge in [0.05, 0.1) is 29.1 Å². The van der Waals surface area contributed by atoms with Gasteiger partial charge in [-0.3, -0.25) is 14.6 Å². The third kappa shape index (κ3) is 7.68. The molecule has 11 heteroatoms. The first kappa shape index (κ1) is 37.2. The van der Waals surface area contributed by atoms with E-state index in [0.29, 0.717) is 41.3 Å². The van der Waals surface area contributed by atoms with Crippen molar-refractivity contribution in [2.45, 2.75) is 91.9 Å². The lowest BCUT2D eigenvalue weighted by Crippen LogP contribution is -2.33. The zero-order valence-corrected chi connectivity index (χ0v) is 30.5. The van der Waals surface area contributed by atoms with Crippen LogP contribution in [0.3, 0.4) is 0 Å². The van der Waals surface area contributed by atoms with Crippen LogP contribution in [0.25, 0.3) is 39.3 Å². The number of fused-ring (bicyclic) bond motifs is 8. The van der Waals surface area contributed by atoms with Gasteiger partial charge in [0.1, 0.15) is 0 Å². The highest BCUT2D eigenvalue weighted by molar-refractivity contribution is 6.24. The fraction of sp³-hybridized carbons (Fsp3) is 0.425. The molecule has 3 aromatic heterocycles. The van der Waals surface area contributed by atoms with Crippen LogP contribution in [0.15, 0.2) is 24.8 Å². The van der Waals surface area contributed by atoms with Crippen LogP contribution >= 0.6 is 0 Å². The summed E-state index contributed by atoms with van der Waals surface area (Å²) >= 11 is 0. The Bertz CT molecular complexity index is 2070. The Labute approximate surface area is 298 Å². The highest BCUT2D eigenvalue weighted by atomic mass is 16.4. The van der Waals surface area contributed by atoms with Crippen molar-refractivity contribution in [2.24, 2.45) is 0 Å². The van der Waals surface area contributed by atoms with E-state index in [4.69, 9.17) is 9.97 Å². The predicted molar refractivity (Wildman–Crippen MR) is 203 cm³/mol. The number of carboxylic acids is 2.